The van der Waals surface area contributed by atoms with Crippen molar-refractivity contribution in [2.24, 2.45) is 7.05 Å². The third-order valence-corrected chi connectivity index (χ3v) is 3.95. The molecule has 106 valence electrons. The van der Waals surface area contributed by atoms with Crippen LogP contribution in [0.4, 0.5) is 10.1 Å². The number of carboxylic acid groups (broad SMARTS) is 1. The van der Waals surface area contributed by atoms with Crippen LogP contribution in [0.25, 0.3) is 0 Å². The van der Waals surface area contributed by atoms with E-state index in [9.17, 15) is 17.6 Å². The average molecular weight is 299 g/mol. The van der Waals surface area contributed by atoms with Gasteiger partial charge in [-0.2, -0.15) is 13.5 Å². The summed E-state index contributed by atoms with van der Waals surface area (Å²) < 4.78 is 40.7. The third kappa shape index (κ3) is 2.62. The van der Waals surface area contributed by atoms with E-state index in [2.05, 4.69) is 5.10 Å². The number of halogens is 1. The minimum absolute atomic E-state index is 0.169. The first kappa shape index (κ1) is 14.0. The first-order valence-corrected chi connectivity index (χ1v) is 6.83. The number of hydrogen-bond acceptors (Lipinski definition) is 4. The number of carboxylic acids is 1. The Bertz CT molecular complexity index is 770. The summed E-state index contributed by atoms with van der Waals surface area (Å²) >= 11 is 0. The van der Waals surface area contributed by atoms with E-state index in [4.69, 9.17) is 5.11 Å². The molecular weight excluding hydrogens is 289 g/mol. The fourth-order valence-electron chi connectivity index (χ4n) is 1.56. The zero-order chi connectivity index (χ0) is 14.9. The minimum Gasteiger partial charge on any atom is -0.478 e. The summed E-state index contributed by atoms with van der Waals surface area (Å²) in [7, 11) is -2.63. The van der Waals surface area contributed by atoms with Crippen molar-refractivity contribution in [2.45, 2.75) is 5.03 Å². The number of anilines is 1. The standard InChI is InChI=1S/C11H10FN3O4S/c1-15-10(4-5-13-15)20(18,19)14-9-6-7(11(16)17)2-3-8(9)12/h2-6,14H,1H3,(H,16,17). The molecule has 0 unspecified atom stereocenters. The van der Waals surface area contributed by atoms with E-state index in [1.807, 2.05) is 4.72 Å². The first-order chi connectivity index (χ1) is 9.31. The van der Waals surface area contributed by atoms with E-state index < -0.39 is 27.5 Å². The number of hydrogen-bond donors (Lipinski definition) is 2. The highest BCUT2D eigenvalue weighted by Gasteiger charge is 2.20. The van der Waals surface area contributed by atoms with Crippen molar-refractivity contribution in [3.8, 4) is 0 Å². The van der Waals surface area contributed by atoms with Gasteiger partial charge < -0.3 is 5.11 Å². The molecule has 0 saturated heterocycles. The normalized spacial score (nSPS) is 11.3. The largest absolute Gasteiger partial charge is 0.478 e. The molecule has 0 spiro atoms. The van der Waals surface area contributed by atoms with Crippen molar-refractivity contribution in [2.75, 3.05) is 4.72 Å². The fraction of sp³-hybridized carbons (Fsp3) is 0.0909. The zero-order valence-electron chi connectivity index (χ0n) is 10.2. The second-order valence-electron chi connectivity index (χ2n) is 3.90. The van der Waals surface area contributed by atoms with Gasteiger partial charge in [-0.3, -0.25) is 9.40 Å². The van der Waals surface area contributed by atoms with E-state index in [0.717, 1.165) is 22.9 Å². The monoisotopic (exact) mass is 299 g/mol. The number of aryl methyl sites for hydroxylation is 1. The molecule has 1 aromatic heterocycles. The summed E-state index contributed by atoms with van der Waals surface area (Å²) in [6.45, 7) is 0. The van der Waals surface area contributed by atoms with Crippen LogP contribution < -0.4 is 4.72 Å². The molecule has 1 aromatic carbocycles. The number of carbonyl (C=O) groups is 1. The van der Waals surface area contributed by atoms with Gasteiger partial charge in [0.1, 0.15) is 5.82 Å². The second kappa shape index (κ2) is 4.93. The van der Waals surface area contributed by atoms with Crippen molar-refractivity contribution in [3.05, 3.63) is 41.8 Å². The number of nitrogens with one attached hydrogen (secondary N) is 1. The molecule has 2 aromatic rings. The van der Waals surface area contributed by atoms with Gasteiger partial charge in [0.05, 0.1) is 17.4 Å². The lowest BCUT2D eigenvalue weighted by atomic mass is 10.2. The highest BCUT2D eigenvalue weighted by molar-refractivity contribution is 7.92. The molecule has 0 aliphatic carbocycles. The van der Waals surface area contributed by atoms with Crippen LogP contribution in [-0.4, -0.2) is 29.3 Å². The van der Waals surface area contributed by atoms with Crippen LogP contribution in [0.5, 0.6) is 0 Å². The summed E-state index contributed by atoms with van der Waals surface area (Å²) in [4.78, 5) is 10.8. The average Bonchev–Trinajstić information content (AvgIpc) is 2.78. The van der Waals surface area contributed by atoms with Crippen LogP contribution in [0.2, 0.25) is 0 Å². The highest BCUT2D eigenvalue weighted by Crippen LogP contribution is 2.20. The van der Waals surface area contributed by atoms with Gasteiger partial charge in [-0.1, -0.05) is 0 Å². The molecule has 0 radical (unpaired) electrons. The maximum atomic E-state index is 13.6. The predicted octanol–water partition coefficient (Wildman–Crippen LogP) is 1.06. The number of sulfonamides is 1. The van der Waals surface area contributed by atoms with Crippen LogP contribution in [0.1, 0.15) is 10.4 Å². The van der Waals surface area contributed by atoms with Gasteiger partial charge in [-0.05, 0) is 24.3 Å². The summed E-state index contributed by atoms with van der Waals surface area (Å²) in [6, 6.07) is 4.07. The molecule has 7 nitrogen and oxygen atoms in total. The predicted molar refractivity (Wildman–Crippen MR) is 67.4 cm³/mol. The number of rotatable bonds is 4. The van der Waals surface area contributed by atoms with Crippen LogP contribution in [-0.2, 0) is 17.1 Å². The van der Waals surface area contributed by atoms with Gasteiger partial charge in [-0.25, -0.2) is 9.18 Å². The third-order valence-electron chi connectivity index (χ3n) is 2.51. The lowest BCUT2D eigenvalue weighted by Gasteiger charge is -2.09. The minimum atomic E-state index is -4.05. The zero-order valence-corrected chi connectivity index (χ0v) is 11.1. The van der Waals surface area contributed by atoms with Crippen molar-refractivity contribution >= 4 is 21.7 Å². The summed E-state index contributed by atoms with van der Waals surface area (Å²) in [5.74, 6) is -2.16. The van der Waals surface area contributed by atoms with E-state index in [1.54, 1.807) is 0 Å². The number of nitrogens with zero attached hydrogens (tertiary/aromatic N) is 2. The first-order valence-electron chi connectivity index (χ1n) is 5.35. The Morgan fingerprint density at radius 2 is 2.10 bits per heavy atom. The molecule has 0 bridgehead atoms. The Morgan fingerprint density at radius 1 is 1.40 bits per heavy atom. The van der Waals surface area contributed by atoms with Gasteiger partial charge in [0.25, 0.3) is 10.0 Å². The Labute approximate surface area is 113 Å². The van der Waals surface area contributed by atoms with Crippen molar-refractivity contribution in [3.63, 3.8) is 0 Å². The molecule has 0 fully saturated rings. The van der Waals surface area contributed by atoms with Crippen LogP contribution in [0, 0.1) is 5.82 Å². The molecule has 2 rings (SSSR count). The van der Waals surface area contributed by atoms with Gasteiger partial charge in [-0.15, -0.1) is 0 Å². The molecule has 9 heteroatoms. The molecule has 0 aliphatic heterocycles. The lowest BCUT2D eigenvalue weighted by Crippen LogP contribution is -2.17. The van der Waals surface area contributed by atoms with E-state index in [-0.39, 0.29) is 10.6 Å². The van der Waals surface area contributed by atoms with Gasteiger partial charge in [0.2, 0.25) is 0 Å². The van der Waals surface area contributed by atoms with Crippen molar-refractivity contribution in [1.29, 1.82) is 0 Å². The summed E-state index contributed by atoms with van der Waals surface area (Å²) in [6.07, 6.45) is 1.28. The summed E-state index contributed by atoms with van der Waals surface area (Å²) in [5, 5.41) is 12.3. The SMILES string of the molecule is Cn1nccc1S(=O)(=O)Nc1cc(C(=O)O)ccc1F. The molecule has 20 heavy (non-hydrogen) atoms. The highest BCUT2D eigenvalue weighted by atomic mass is 32.2. The van der Waals surface area contributed by atoms with Crippen LogP contribution >= 0.6 is 0 Å². The fourth-order valence-corrected chi connectivity index (χ4v) is 2.74. The quantitative estimate of drug-likeness (QED) is 0.879. The van der Waals surface area contributed by atoms with Crippen LogP contribution in [0.3, 0.4) is 0 Å². The molecule has 0 aliphatic rings. The van der Waals surface area contributed by atoms with Crippen molar-refractivity contribution in [1.82, 2.24) is 9.78 Å². The molecule has 0 saturated carbocycles. The summed E-state index contributed by atoms with van der Waals surface area (Å²) in [5.41, 5.74) is -0.666. The molecular formula is C11H10FN3O4S. The molecule has 2 N–H and O–H groups in total. The van der Waals surface area contributed by atoms with Gasteiger partial charge >= 0.3 is 5.97 Å². The Morgan fingerprint density at radius 3 is 2.65 bits per heavy atom. The lowest BCUT2D eigenvalue weighted by molar-refractivity contribution is 0.0697. The number of aromatic carboxylic acids is 1. The van der Waals surface area contributed by atoms with E-state index in [0.29, 0.717) is 0 Å². The molecule has 0 atom stereocenters. The second-order valence-corrected chi connectivity index (χ2v) is 5.53. The number of aromatic nitrogens is 2. The maximum absolute atomic E-state index is 13.6. The smallest absolute Gasteiger partial charge is 0.335 e. The van der Waals surface area contributed by atoms with Gasteiger partial charge in [0.15, 0.2) is 5.03 Å². The maximum Gasteiger partial charge on any atom is 0.335 e. The van der Waals surface area contributed by atoms with Crippen molar-refractivity contribution < 1.29 is 22.7 Å². The topological polar surface area (TPSA) is 101 Å². The van der Waals surface area contributed by atoms with E-state index >= 15 is 0 Å². The number of benzene rings is 1. The molecule has 1 heterocycles. The molecule has 0 amide bonds. The van der Waals surface area contributed by atoms with Crippen LogP contribution in [0.15, 0.2) is 35.5 Å². The van der Waals surface area contributed by atoms with E-state index in [1.165, 1.54) is 19.3 Å². The Kier molecular flexibility index (Phi) is 3.45. The Hall–Kier alpha value is -2.42. The Balaban J connectivity index is 2.42. The van der Waals surface area contributed by atoms with Gasteiger partial charge in [0, 0.05) is 7.05 Å².